The average Bonchev–Trinajstić information content (AvgIpc) is 2.76. The number of aromatic nitrogens is 1. The van der Waals surface area contributed by atoms with Gasteiger partial charge in [0.15, 0.2) is 0 Å². The molecule has 1 saturated heterocycles. The monoisotopic (exact) mass is 376 g/mol. The Labute approximate surface area is 166 Å². The molecule has 0 atom stereocenters. The third-order valence-corrected chi connectivity index (χ3v) is 6.30. The number of nitrogens with one attached hydrogen (secondary N) is 1. The smallest absolute Gasteiger partial charge is 0.272 e. The van der Waals surface area contributed by atoms with Crippen LogP contribution in [0.5, 0.6) is 0 Å². The molecule has 1 aliphatic carbocycles. The number of carbonyl (C=O) groups excluding carboxylic acids is 1. The molecule has 146 valence electrons. The molecule has 2 heterocycles. The van der Waals surface area contributed by atoms with Gasteiger partial charge in [0.25, 0.3) is 5.91 Å². The summed E-state index contributed by atoms with van der Waals surface area (Å²) < 4.78 is 0. The summed E-state index contributed by atoms with van der Waals surface area (Å²) in [7, 11) is 0. The lowest BCUT2D eigenvalue weighted by Gasteiger charge is -2.45. The molecule has 28 heavy (non-hydrogen) atoms. The molecular weight excluding hydrogens is 348 g/mol. The highest BCUT2D eigenvalue weighted by Crippen LogP contribution is 2.45. The number of hydrogen-bond donors (Lipinski definition) is 1. The lowest BCUT2D eigenvalue weighted by molar-refractivity contribution is 0.0955. The molecule has 0 bridgehead atoms. The molecule has 5 heteroatoms. The van der Waals surface area contributed by atoms with Crippen molar-refractivity contribution in [2.45, 2.75) is 44.9 Å². The summed E-state index contributed by atoms with van der Waals surface area (Å²) in [6.07, 6.45) is 14.6. The van der Waals surface area contributed by atoms with Gasteiger partial charge >= 0.3 is 0 Å². The van der Waals surface area contributed by atoms with Gasteiger partial charge in [0.05, 0.1) is 11.8 Å². The predicted octanol–water partition coefficient (Wildman–Crippen LogP) is 4.40. The van der Waals surface area contributed by atoms with Crippen LogP contribution in [0.2, 0.25) is 0 Å². The van der Waals surface area contributed by atoms with Crippen molar-refractivity contribution in [3.8, 4) is 0 Å². The predicted molar refractivity (Wildman–Crippen MR) is 113 cm³/mol. The van der Waals surface area contributed by atoms with E-state index in [2.05, 4.69) is 44.7 Å². The van der Waals surface area contributed by atoms with E-state index in [-0.39, 0.29) is 5.91 Å². The van der Waals surface area contributed by atoms with Gasteiger partial charge in [-0.15, -0.1) is 0 Å². The largest absolute Gasteiger partial charge is 0.371 e. The number of anilines is 1. The van der Waals surface area contributed by atoms with Crippen molar-refractivity contribution in [3.63, 3.8) is 0 Å². The van der Waals surface area contributed by atoms with Gasteiger partial charge in [-0.25, -0.2) is 5.43 Å². The molecule has 4 rings (SSSR count). The van der Waals surface area contributed by atoms with E-state index in [4.69, 9.17) is 0 Å². The molecule has 1 spiro atoms. The lowest BCUT2D eigenvalue weighted by Crippen LogP contribution is -2.41. The van der Waals surface area contributed by atoms with E-state index < -0.39 is 0 Å². The van der Waals surface area contributed by atoms with Crippen LogP contribution >= 0.6 is 0 Å². The zero-order chi connectivity index (χ0) is 19.2. The zero-order valence-electron chi connectivity index (χ0n) is 16.3. The SMILES string of the molecule is O=C(N/N=C/c1ccc(N2CCC3(CCCCC3)CC2)cc1)c1cccnc1. The number of hydrogen-bond acceptors (Lipinski definition) is 4. The van der Waals surface area contributed by atoms with Gasteiger partial charge in [-0.3, -0.25) is 9.78 Å². The molecule has 1 aromatic heterocycles. The molecule has 1 aromatic carbocycles. The quantitative estimate of drug-likeness (QED) is 0.636. The maximum absolute atomic E-state index is 12.0. The second kappa shape index (κ2) is 8.55. The summed E-state index contributed by atoms with van der Waals surface area (Å²) in [4.78, 5) is 18.4. The minimum absolute atomic E-state index is 0.258. The van der Waals surface area contributed by atoms with Crippen LogP contribution in [-0.2, 0) is 0 Å². The van der Waals surface area contributed by atoms with Crippen LogP contribution in [0.3, 0.4) is 0 Å². The minimum Gasteiger partial charge on any atom is -0.371 e. The highest BCUT2D eigenvalue weighted by atomic mass is 16.2. The summed E-state index contributed by atoms with van der Waals surface area (Å²) in [6.45, 7) is 2.32. The first-order valence-electron chi connectivity index (χ1n) is 10.3. The maximum Gasteiger partial charge on any atom is 0.272 e. The van der Waals surface area contributed by atoms with Gasteiger partial charge in [-0.2, -0.15) is 5.10 Å². The Morgan fingerprint density at radius 2 is 1.79 bits per heavy atom. The molecule has 1 saturated carbocycles. The first-order valence-corrected chi connectivity index (χ1v) is 10.3. The van der Waals surface area contributed by atoms with Crippen LogP contribution in [0.4, 0.5) is 5.69 Å². The topological polar surface area (TPSA) is 57.6 Å². The number of nitrogens with zero attached hydrogens (tertiary/aromatic N) is 3. The van der Waals surface area contributed by atoms with Crippen molar-refractivity contribution in [1.29, 1.82) is 0 Å². The molecule has 2 fully saturated rings. The summed E-state index contributed by atoms with van der Waals surface area (Å²) in [6, 6.07) is 11.9. The number of hydrazone groups is 1. The Hall–Kier alpha value is -2.69. The Kier molecular flexibility index (Phi) is 5.70. The maximum atomic E-state index is 12.0. The van der Waals surface area contributed by atoms with Crippen molar-refractivity contribution in [2.75, 3.05) is 18.0 Å². The van der Waals surface area contributed by atoms with E-state index in [0.717, 1.165) is 18.7 Å². The van der Waals surface area contributed by atoms with E-state index in [9.17, 15) is 4.79 Å². The second-order valence-corrected chi connectivity index (χ2v) is 8.08. The Morgan fingerprint density at radius 1 is 1.04 bits per heavy atom. The fourth-order valence-electron chi connectivity index (χ4n) is 4.54. The first kappa shape index (κ1) is 18.7. The van der Waals surface area contributed by atoms with E-state index in [1.165, 1.54) is 56.8 Å². The lowest BCUT2D eigenvalue weighted by atomic mass is 9.68. The van der Waals surface area contributed by atoms with Crippen molar-refractivity contribution >= 4 is 17.8 Å². The normalized spacial score (nSPS) is 19.1. The van der Waals surface area contributed by atoms with Crippen LogP contribution in [0, 0.1) is 5.41 Å². The van der Waals surface area contributed by atoms with Crippen molar-refractivity contribution in [3.05, 3.63) is 59.9 Å². The third kappa shape index (κ3) is 4.41. The summed E-state index contributed by atoms with van der Waals surface area (Å²) in [5, 5.41) is 4.05. The molecule has 1 aliphatic heterocycles. The number of rotatable bonds is 4. The number of amides is 1. The van der Waals surface area contributed by atoms with E-state index in [1.54, 1.807) is 24.5 Å². The highest BCUT2D eigenvalue weighted by molar-refractivity contribution is 5.94. The van der Waals surface area contributed by atoms with Crippen LogP contribution in [0.25, 0.3) is 0 Å². The highest BCUT2D eigenvalue weighted by Gasteiger charge is 2.35. The number of carbonyl (C=O) groups is 1. The van der Waals surface area contributed by atoms with Crippen molar-refractivity contribution in [2.24, 2.45) is 10.5 Å². The summed E-state index contributed by atoms with van der Waals surface area (Å²) >= 11 is 0. The van der Waals surface area contributed by atoms with Gasteiger partial charge in [0.2, 0.25) is 0 Å². The van der Waals surface area contributed by atoms with E-state index in [1.807, 2.05) is 0 Å². The van der Waals surface area contributed by atoms with E-state index >= 15 is 0 Å². The Balaban J connectivity index is 1.30. The molecule has 5 nitrogen and oxygen atoms in total. The standard InChI is InChI=1S/C23H28N4O/c28-22(20-5-4-14-24-18-20)26-25-17-19-6-8-21(9-7-19)27-15-12-23(13-16-27)10-2-1-3-11-23/h4-9,14,17-18H,1-3,10-13,15-16H2,(H,26,28)/b25-17+. The van der Waals surface area contributed by atoms with Crippen LogP contribution in [-0.4, -0.2) is 30.2 Å². The number of piperidine rings is 1. The van der Waals surface area contributed by atoms with Gasteiger partial charge in [0.1, 0.15) is 0 Å². The summed E-state index contributed by atoms with van der Waals surface area (Å²) in [5.41, 5.74) is 5.92. The van der Waals surface area contributed by atoms with E-state index in [0.29, 0.717) is 11.0 Å². The van der Waals surface area contributed by atoms with Crippen molar-refractivity contribution in [1.82, 2.24) is 10.4 Å². The van der Waals surface area contributed by atoms with Crippen LogP contribution in [0.1, 0.15) is 60.9 Å². The molecule has 0 unspecified atom stereocenters. The van der Waals surface area contributed by atoms with Crippen LogP contribution < -0.4 is 10.3 Å². The Bertz CT molecular complexity index is 800. The summed E-state index contributed by atoms with van der Waals surface area (Å²) in [5.74, 6) is -0.258. The van der Waals surface area contributed by atoms with Gasteiger partial charge in [-0.05, 0) is 60.9 Å². The van der Waals surface area contributed by atoms with Gasteiger partial charge < -0.3 is 4.90 Å². The first-order chi connectivity index (χ1) is 13.7. The van der Waals surface area contributed by atoms with Gasteiger partial charge in [0, 0.05) is 31.2 Å². The molecule has 1 amide bonds. The number of pyridine rings is 1. The molecular formula is C23H28N4O. The molecule has 0 radical (unpaired) electrons. The molecule has 1 N–H and O–H groups in total. The van der Waals surface area contributed by atoms with Crippen molar-refractivity contribution < 1.29 is 4.79 Å². The minimum atomic E-state index is -0.258. The fourth-order valence-corrected chi connectivity index (χ4v) is 4.54. The second-order valence-electron chi connectivity index (χ2n) is 8.08. The fraction of sp³-hybridized carbons (Fsp3) is 0.435. The number of benzene rings is 1. The molecule has 2 aliphatic rings. The average molecular weight is 377 g/mol. The molecule has 2 aromatic rings. The Morgan fingerprint density at radius 3 is 2.46 bits per heavy atom. The zero-order valence-corrected chi connectivity index (χ0v) is 16.3. The van der Waals surface area contributed by atoms with Crippen LogP contribution in [0.15, 0.2) is 53.9 Å². The van der Waals surface area contributed by atoms with Gasteiger partial charge in [-0.1, -0.05) is 31.4 Å². The third-order valence-electron chi connectivity index (χ3n) is 6.30.